The lowest BCUT2D eigenvalue weighted by atomic mass is 9.99. The largest absolute Gasteiger partial charge is 0.398 e. The maximum Gasteiger partial charge on any atom is 0.0618 e. The molecule has 1 aliphatic rings. The molecular formula is C16H21N3O. The Kier molecular flexibility index (Phi) is 3.74. The minimum absolute atomic E-state index is 0.393. The summed E-state index contributed by atoms with van der Waals surface area (Å²) in [7, 11) is 0. The summed E-state index contributed by atoms with van der Waals surface area (Å²) in [6, 6.07) is 6.00. The summed E-state index contributed by atoms with van der Waals surface area (Å²) in [6.45, 7) is 4.02. The van der Waals surface area contributed by atoms with E-state index in [1.807, 2.05) is 18.3 Å². The number of benzene rings is 1. The average Bonchev–Trinajstić information content (AvgIpc) is 2.94. The Morgan fingerprint density at radius 3 is 3.10 bits per heavy atom. The van der Waals surface area contributed by atoms with Crippen molar-refractivity contribution >= 4 is 22.1 Å². The van der Waals surface area contributed by atoms with E-state index in [1.54, 1.807) is 6.20 Å². The first-order valence-corrected chi connectivity index (χ1v) is 7.27. The van der Waals surface area contributed by atoms with E-state index in [9.17, 15) is 0 Å². The zero-order valence-corrected chi connectivity index (χ0v) is 11.8. The fourth-order valence-corrected chi connectivity index (χ4v) is 2.98. The number of hydrogen-bond acceptors (Lipinski definition) is 4. The molecule has 0 bridgehead atoms. The van der Waals surface area contributed by atoms with E-state index in [2.05, 4.69) is 23.3 Å². The minimum Gasteiger partial charge on any atom is -0.398 e. The molecule has 20 heavy (non-hydrogen) atoms. The number of ether oxygens (including phenoxy) is 1. The van der Waals surface area contributed by atoms with Crippen molar-refractivity contribution < 1.29 is 4.74 Å². The van der Waals surface area contributed by atoms with Crippen molar-refractivity contribution in [3.05, 3.63) is 30.6 Å². The van der Waals surface area contributed by atoms with Crippen molar-refractivity contribution in [3.63, 3.8) is 0 Å². The Balaban J connectivity index is 1.79. The molecule has 0 amide bonds. The van der Waals surface area contributed by atoms with E-state index >= 15 is 0 Å². The number of nitrogens with zero attached hydrogens (tertiary/aromatic N) is 1. The highest BCUT2D eigenvalue weighted by atomic mass is 16.5. The van der Waals surface area contributed by atoms with Crippen molar-refractivity contribution in [2.45, 2.75) is 25.9 Å². The van der Waals surface area contributed by atoms with Gasteiger partial charge in [0.15, 0.2) is 0 Å². The summed E-state index contributed by atoms with van der Waals surface area (Å²) in [5.74, 6) is 0.592. The van der Waals surface area contributed by atoms with Gasteiger partial charge in [0.1, 0.15) is 0 Å². The Labute approximate surface area is 119 Å². The van der Waals surface area contributed by atoms with Crippen molar-refractivity contribution in [3.8, 4) is 0 Å². The number of fused-ring (bicyclic) bond motifs is 1. The van der Waals surface area contributed by atoms with Gasteiger partial charge in [-0.25, -0.2) is 0 Å². The van der Waals surface area contributed by atoms with Crippen LogP contribution < -0.4 is 11.1 Å². The number of aromatic nitrogens is 1. The lowest BCUT2D eigenvalue weighted by Gasteiger charge is -2.19. The third-order valence-corrected chi connectivity index (χ3v) is 4.16. The van der Waals surface area contributed by atoms with Gasteiger partial charge in [-0.1, -0.05) is 6.92 Å². The summed E-state index contributed by atoms with van der Waals surface area (Å²) >= 11 is 0. The SMILES string of the molecule is CCC1OCCC1CNc1ccc(N)c2cnccc12. The zero-order valence-electron chi connectivity index (χ0n) is 11.8. The monoisotopic (exact) mass is 271 g/mol. The minimum atomic E-state index is 0.393. The lowest BCUT2D eigenvalue weighted by Crippen LogP contribution is -2.22. The van der Waals surface area contributed by atoms with Crippen LogP contribution in [0.15, 0.2) is 30.6 Å². The van der Waals surface area contributed by atoms with Crippen LogP contribution in [0.3, 0.4) is 0 Å². The summed E-state index contributed by atoms with van der Waals surface area (Å²) in [6.07, 6.45) is 6.24. The van der Waals surface area contributed by atoms with Crippen LogP contribution in [-0.4, -0.2) is 24.2 Å². The molecule has 0 radical (unpaired) electrons. The van der Waals surface area contributed by atoms with Crippen molar-refractivity contribution in [1.29, 1.82) is 0 Å². The normalized spacial score (nSPS) is 22.2. The Bertz CT molecular complexity index is 599. The van der Waals surface area contributed by atoms with Gasteiger partial charge in [0.2, 0.25) is 0 Å². The molecule has 0 aliphatic carbocycles. The van der Waals surface area contributed by atoms with Gasteiger partial charge in [-0.05, 0) is 31.0 Å². The third-order valence-electron chi connectivity index (χ3n) is 4.16. The van der Waals surface area contributed by atoms with Crippen LogP contribution in [0.25, 0.3) is 10.8 Å². The van der Waals surface area contributed by atoms with Crippen molar-refractivity contribution in [2.24, 2.45) is 5.92 Å². The highest BCUT2D eigenvalue weighted by Gasteiger charge is 2.26. The van der Waals surface area contributed by atoms with Gasteiger partial charge in [0, 0.05) is 53.6 Å². The average molecular weight is 271 g/mol. The first-order chi connectivity index (χ1) is 9.79. The summed E-state index contributed by atoms with van der Waals surface area (Å²) < 4.78 is 5.74. The number of rotatable bonds is 4. The van der Waals surface area contributed by atoms with Crippen LogP contribution in [0.4, 0.5) is 11.4 Å². The molecule has 1 aromatic carbocycles. The fourth-order valence-electron chi connectivity index (χ4n) is 2.98. The maximum atomic E-state index is 6.00. The molecule has 2 heterocycles. The number of nitrogens with two attached hydrogens (primary N) is 1. The van der Waals surface area contributed by atoms with Gasteiger partial charge in [0.25, 0.3) is 0 Å². The van der Waals surface area contributed by atoms with E-state index < -0.39 is 0 Å². The van der Waals surface area contributed by atoms with Gasteiger partial charge in [-0.2, -0.15) is 0 Å². The van der Waals surface area contributed by atoms with Crippen LogP contribution >= 0.6 is 0 Å². The molecule has 3 rings (SSSR count). The second kappa shape index (κ2) is 5.67. The number of nitrogens with one attached hydrogen (secondary N) is 1. The van der Waals surface area contributed by atoms with Gasteiger partial charge in [0.05, 0.1) is 6.10 Å². The number of nitrogen functional groups attached to an aromatic ring is 1. The first-order valence-electron chi connectivity index (χ1n) is 7.27. The molecule has 2 aromatic rings. The molecule has 1 aromatic heterocycles. The topological polar surface area (TPSA) is 60.2 Å². The second-order valence-corrected chi connectivity index (χ2v) is 5.37. The predicted molar refractivity (Wildman–Crippen MR) is 82.8 cm³/mol. The maximum absolute atomic E-state index is 6.00. The predicted octanol–water partition coefficient (Wildman–Crippen LogP) is 3.04. The Hall–Kier alpha value is -1.81. The molecule has 1 aliphatic heterocycles. The van der Waals surface area contributed by atoms with Crippen LogP contribution in [0.2, 0.25) is 0 Å². The standard InChI is InChI=1S/C16H21N3O/c1-2-16-11(6-8-20-16)9-19-15-4-3-14(17)13-10-18-7-5-12(13)15/h3-5,7,10-11,16,19H,2,6,8-9,17H2,1H3. The van der Waals surface area contributed by atoms with Gasteiger partial charge in [-0.15, -0.1) is 0 Å². The van der Waals surface area contributed by atoms with Crippen LogP contribution in [0.1, 0.15) is 19.8 Å². The van der Waals surface area contributed by atoms with Gasteiger partial charge >= 0.3 is 0 Å². The van der Waals surface area contributed by atoms with Crippen molar-refractivity contribution in [2.75, 3.05) is 24.2 Å². The van der Waals surface area contributed by atoms with Crippen LogP contribution in [-0.2, 0) is 4.74 Å². The number of anilines is 2. The molecule has 0 spiro atoms. The smallest absolute Gasteiger partial charge is 0.0618 e. The molecule has 106 valence electrons. The second-order valence-electron chi connectivity index (χ2n) is 5.37. The molecule has 0 saturated carbocycles. The van der Waals surface area contributed by atoms with Crippen molar-refractivity contribution in [1.82, 2.24) is 4.98 Å². The van der Waals surface area contributed by atoms with E-state index in [4.69, 9.17) is 10.5 Å². The van der Waals surface area contributed by atoms with Gasteiger partial charge < -0.3 is 15.8 Å². The highest BCUT2D eigenvalue weighted by molar-refractivity contribution is 6.00. The third kappa shape index (κ3) is 2.43. The Morgan fingerprint density at radius 2 is 2.25 bits per heavy atom. The molecule has 1 saturated heterocycles. The fraction of sp³-hybridized carbons (Fsp3) is 0.438. The van der Waals surface area contributed by atoms with Crippen LogP contribution in [0.5, 0.6) is 0 Å². The molecule has 4 heteroatoms. The molecule has 2 atom stereocenters. The number of pyridine rings is 1. The molecular weight excluding hydrogens is 250 g/mol. The lowest BCUT2D eigenvalue weighted by molar-refractivity contribution is 0.0900. The zero-order chi connectivity index (χ0) is 13.9. The molecule has 4 nitrogen and oxygen atoms in total. The summed E-state index contributed by atoms with van der Waals surface area (Å²) in [4.78, 5) is 4.15. The quantitative estimate of drug-likeness (QED) is 0.839. The van der Waals surface area contributed by atoms with E-state index in [0.29, 0.717) is 12.0 Å². The molecule has 3 N–H and O–H groups in total. The Morgan fingerprint density at radius 1 is 1.35 bits per heavy atom. The van der Waals surface area contributed by atoms with E-state index in [1.165, 1.54) is 0 Å². The first kappa shape index (κ1) is 13.2. The van der Waals surface area contributed by atoms with E-state index in [0.717, 1.165) is 48.1 Å². The number of hydrogen-bond donors (Lipinski definition) is 2. The molecule has 2 unspecified atom stereocenters. The van der Waals surface area contributed by atoms with Gasteiger partial charge in [-0.3, -0.25) is 4.98 Å². The summed E-state index contributed by atoms with van der Waals surface area (Å²) in [5.41, 5.74) is 7.90. The van der Waals surface area contributed by atoms with E-state index in [-0.39, 0.29) is 0 Å². The highest BCUT2D eigenvalue weighted by Crippen LogP contribution is 2.29. The molecule has 1 fully saturated rings. The summed E-state index contributed by atoms with van der Waals surface area (Å²) in [5, 5.41) is 5.70. The van der Waals surface area contributed by atoms with Crippen LogP contribution in [0, 0.1) is 5.92 Å².